The first-order chi connectivity index (χ1) is 11.4. The van der Waals surface area contributed by atoms with E-state index < -0.39 is 10.5 Å². The molecule has 24 heavy (non-hydrogen) atoms. The molecule has 1 saturated heterocycles. The van der Waals surface area contributed by atoms with Crippen LogP contribution in [0.3, 0.4) is 0 Å². The summed E-state index contributed by atoms with van der Waals surface area (Å²) in [5.41, 5.74) is -0.689. The van der Waals surface area contributed by atoms with Gasteiger partial charge in [-0.3, -0.25) is 14.9 Å². The van der Waals surface area contributed by atoms with E-state index in [1.54, 1.807) is 4.90 Å². The zero-order chi connectivity index (χ0) is 17.4. The lowest BCUT2D eigenvalue weighted by Gasteiger charge is -2.38. The van der Waals surface area contributed by atoms with E-state index in [0.29, 0.717) is 5.39 Å². The number of fused-ring (bicyclic) bond motifs is 1. The largest absolute Gasteiger partial charge is 0.422 e. The predicted molar refractivity (Wildman–Crippen MR) is 88.1 cm³/mol. The summed E-state index contributed by atoms with van der Waals surface area (Å²) in [6.45, 7) is 3.92. The average Bonchev–Trinajstić information content (AvgIpc) is 2.53. The second-order valence-electron chi connectivity index (χ2n) is 6.27. The smallest absolute Gasteiger partial charge is 0.349 e. The first-order valence-electron chi connectivity index (χ1n) is 7.93. The van der Waals surface area contributed by atoms with E-state index in [9.17, 15) is 19.7 Å². The van der Waals surface area contributed by atoms with E-state index in [1.807, 2.05) is 13.8 Å². The van der Waals surface area contributed by atoms with Crippen LogP contribution < -0.4 is 5.63 Å². The third-order valence-electron chi connectivity index (χ3n) is 4.59. The Labute approximate surface area is 138 Å². The number of nitro groups is 1. The zero-order valence-electron chi connectivity index (χ0n) is 13.5. The molecule has 1 amide bonds. The number of hydrogen-bond donors (Lipinski definition) is 0. The predicted octanol–water partition coefficient (Wildman–Crippen LogP) is 3.10. The van der Waals surface area contributed by atoms with Crippen LogP contribution in [0.5, 0.6) is 0 Å². The van der Waals surface area contributed by atoms with Gasteiger partial charge in [0.05, 0.1) is 4.92 Å². The van der Waals surface area contributed by atoms with E-state index >= 15 is 0 Å². The van der Waals surface area contributed by atoms with Crippen molar-refractivity contribution in [1.82, 2.24) is 4.90 Å². The summed E-state index contributed by atoms with van der Waals surface area (Å²) in [5, 5.41) is 11.3. The molecule has 1 aromatic heterocycles. The van der Waals surface area contributed by atoms with Crippen LogP contribution in [0.15, 0.2) is 33.5 Å². The maximum Gasteiger partial charge on any atom is 0.349 e. The van der Waals surface area contributed by atoms with Gasteiger partial charge in [0.1, 0.15) is 11.1 Å². The molecule has 7 nitrogen and oxygen atoms in total. The van der Waals surface area contributed by atoms with Crippen LogP contribution in [-0.2, 0) is 0 Å². The second-order valence-corrected chi connectivity index (χ2v) is 6.27. The molecule has 7 heteroatoms. The molecule has 1 aromatic carbocycles. The van der Waals surface area contributed by atoms with Gasteiger partial charge in [-0.25, -0.2) is 4.79 Å². The number of hydrogen-bond acceptors (Lipinski definition) is 5. The number of amides is 1. The molecule has 0 saturated carbocycles. The molecule has 1 aliphatic rings. The Morgan fingerprint density at radius 2 is 1.92 bits per heavy atom. The van der Waals surface area contributed by atoms with Crippen molar-refractivity contribution in [2.24, 2.45) is 0 Å². The molecule has 1 fully saturated rings. The van der Waals surface area contributed by atoms with Gasteiger partial charge in [-0.1, -0.05) is 0 Å². The quantitative estimate of drug-likeness (QED) is 0.479. The van der Waals surface area contributed by atoms with Gasteiger partial charge in [-0.15, -0.1) is 0 Å². The van der Waals surface area contributed by atoms with E-state index in [-0.39, 0.29) is 34.8 Å². The Morgan fingerprint density at radius 3 is 2.54 bits per heavy atom. The van der Waals surface area contributed by atoms with Crippen LogP contribution in [0.1, 0.15) is 43.5 Å². The third-order valence-corrected chi connectivity index (χ3v) is 4.59. The van der Waals surface area contributed by atoms with Gasteiger partial charge in [0, 0.05) is 29.6 Å². The Kier molecular flexibility index (Phi) is 4.09. The fourth-order valence-corrected chi connectivity index (χ4v) is 3.33. The highest BCUT2D eigenvalue weighted by molar-refractivity contribution is 5.97. The minimum absolute atomic E-state index is 0.0430. The van der Waals surface area contributed by atoms with E-state index in [0.717, 1.165) is 19.3 Å². The molecule has 2 heterocycles. The van der Waals surface area contributed by atoms with Crippen molar-refractivity contribution in [2.45, 2.75) is 45.2 Å². The number of carbonyl (C=O) groups is 1. The summed E-state index contributed by atoms with van der Waals surface area (Å²) < 4.78 is 5.18. The molecule has 126 valence electrons. The number of carbonyl (C=O) groups excluding carboxylic acids is 1. The highest BCUT2D eigenvalue weighted by Crippen LogP contribution is 2.25. The molecule has 0 unspecified atom stereocenters. The van der Waals surface area contributed by atoms with Crippen LogP contribution in [0.4, 0.5) is 5.69 Å². The summed E-state index contributed by atoms with van der Waals surface area (Å²) >= 11 is 0. The zero-order valence-corrected chi connectivity index (χ0v) is 13.5. The van der Waals surface area contributed by atoms with Crippen LogP contribution >= 0.6 is 0 Å². The molecule has 2 aromatic rings. The number of benzene rings is 1. The van der Waals surface area contributed by atoms with Crippen molar-refractivity contribution >= 4 is 22.6 Å². The average molecular weight is 330 g/mol. The fraction of sp³-hybridized carbons (Fsp3) is 0.412. The van der Waals surface area contributed by atoms with Gasteiger partial charge in [-0.2, -0.15) is 0 Å². The molecule has 2 atom stereocenters. The lowest BCUT2D eigenvalue weighted by atomic mass is 9.96. The van der Waals surface area contributed by atoms with Crippen LogP contribution in [-0.4, -0.2) is 27.8 Å². The molecule has 0 N–H and O–H groups in total. The van der Waals surface area contributed by atoms with Gasteiger partial charge in [0.15, 0.2) is 0 Å². The Hall–Kier alpha value is -2.70. The maximum atomic E-state index is 12.8. The molecule has 0 bridgehead atoms. The van der Waals surface area contributed by atoms with Gasteiger partial charge in [0.25, 0.3) is 11.6 Å². The molecule has 0 radical (unpaired) electrons. The topological polar surface area (TPSA) is 93.7 Å². The highest BCUT2D eigenvalue weighted by Gasteiger charge is 2.31. The summed E-state index contributed by atoms with van der Waals surface area (Å²) in [5.74, 6) is -0.378. The maximum absolute atomic E-state index is 12.8. The Balaban J connectivity index is 2.07. The van der Waals surface area contributed by atoms with Crippen LogP contribution in [0.25, 0.3) is 11.0 Å². The number of non-ortho nitro benzene ring substituents is 1. The lowest BCUT2D eigenvalue weighted by Crippen LogP contribution is -2.48. The lowest BCUT2D eigenvalue weighted by molar-refractivity contribution is -0.384. The molecule has 3 rings (SSSR count). The van der Waals surface area contributed by atoms with Crippen LogP contribution in [0.2, 0.25) is 0 Å². The van der Waals surface area contributed by atoms with Crippen molar-refractivity contribution in [3.63, 3.8) is 0 Å². The Morgan fingerprint density at radius 1 is 1.25 bits per heavy atom. The van der Waals surface area contributed by atoms with E-state index in [4.69, 9.17) is 4.42 Å². The standard InChI is InChI=1S/C17H18N2O5/c1-10-4-3-5-11(2)18(10)16(20)14-9-12-8-13(19(22)23)6-7-15(12)24-17(14)21/h6-11H,3-5H2,1-2H3/t10-,11-/m0/s1. The first kappa shape index (κ1) is 16.2. The number of piperidine rings is 1. The van der Waals surface area contributed by atoms with Gasteiger partial charge in [0.2, 0.25) is 0 Å². The van der Waals surface area contributed by atoms with Crippen molar-refractivity contribution < 1.29 is 14.1 Å². The van der Waals surface area contributed by atoms with E-state index in [1.165, 1.54) is 24.3 Å². The second kappa shape index (κ2) is 6.07. The van der Waals surface area contributed by atoms with Crippen LogP contribution in [0, 0.1) is 10.1 Å². The molecular formula is C17H18N2O5. The molecular weight excluding hydrogens is 312 g/mol. The molecule has 0 aliphatic carbocycles. The summed E-state index contributed by atoms with van der Waals surface area (Å²) in [7, 11) is 0. The number of rotatable bonds is 2. The minimum Gasteiger partial charge on any atom is -0.422 e. The summed E-state index contributed by atoms with van der Waals surface area (Å²) in [4.78, 5) is 37.1. The van der Waals surface area contributed by atoms with Gasteiger partial charge < -0.3 is 9.32 Å². The Bertz CT molecular complexity index is 863. The monoisotopic (exact) mass is 330 g/mol. The number of likely N-dealkylation sites (tertiary alicyclic amines) is 1. The van der Waals surface area contributed by atoms with Crippen molar-refractivity contribution in [3.05, 3.63) is 50.4 Å². The van der Waals surface area contributed by atoms with Crippen molar-refractivity contribution in [1.29, 1.82) is 0 Å². The summed E-state index contributed by atoms with van der Waals surface area (Å²) in [6.07, 6.45) is 2.82. The highest BCUT2D eigenvalue weighted by atomic mass is 16.6. The molecule has 1 aliphatic heterocycles. The SMILES string of the molecule is C[C@H]1CCC[C@H](C)N1C(=O)c1cc2cc([N+](=O)[O-])ccc2oc1=O. The fourth-order valence-electron chi connectivity index (χ4n) is 3.33. The van der Waals surface area contributed by atoms with E-state index in [2.05, 4.69) is 0 Å². The number of nitro benzene ring substituents is 1. The number of nitrogens with zero attached hydrogens (tertiary/aromatic N) is 2. The minimum atomic E-state index is -0.716. The van der Waals surface area contributed by atoms with Gasteiger partial charge in [-0.05, 0) is 45.2 Å². The summed E-state index contributed by atoms with van der Waals surface area (Å²) in [6, 6.07) is 5.42. The third kappa shape index (κ3) is 2.77. The first-order valence-corrected chi connectivity index (χ1v) is 7.93. The normalized spacial score (nSPS) is 21.0. The van der Waals surface area contributed by atoms with Crippen molar-refractivity contribution in [2.75, 3.05) is 0 Å². The van der Waals surface area contributed by atoms with Crippen molar-refractivity contribution in [3.8, 4) is 0 Å². The molecule has 0 spiro atoms. The van der Waals surface area contributed by atoms with Gasteiger partial charge >= 0.3 is 5.63 Å².